The van der Waals surface area contributed by atoms with Gasteiger partial charge in [0, 0.05) is 38.9 Å². The molecule has 0 unspecified atom stereocenters. The Morgan fingerprint density at radius 3 is 2.60 bits per heavy atom. The molecule has 0 amide bonds. The van der Waals surface area contributed by atoms with E-state index in [1.54, 1.807) is 18.3 Å². The van der Waals surface area contributed by atoms with E-state index in [9.17, 15) is 0 Å². The van der Waals surface area contributed by atoms with Crippen LogP contribution in [0.1, 0.15) is 11.1 Å². The molecule has 6 nitrogen and oxygen atoms in total. The number of pyridine rings is 1. The first kappa shape index (κ1) is 16.8. The number of hydrogen-bond donors (Lipinski definition) is 0. The van der Waals surface area contributed by atoms with Gasteiger partial charge in [-0.25, -0.2) is 4.98 Å². The molecule has 0 N–H and O–H groups in total. The number of piperazine rings is 1. The first-order valence-electron chi connectivity index (χ1n) is 8.25. The molecular formula is C19H19N5O. The Kier molecular flexibility index (Phi) is 5.46. The van der Waals surface area contributed by atoms with Gasteiger partial charge < -0.3 is 9.64 Å². The average molecular weight is 333 g/mol. The van der Waals surface area contributed by atoms with Crippen molar-refractivity contribution in [3.63, 3.8) is 0 Å². The minimum Gasteiger partial charge on any atom is -0.491 e. The highest BCUT2D eigenvalue weighted by Crippen LogP contribution is 2.17. The fourth-order valence-corrected chi connectivity index (χ4v) is 2.83. The molecule has 2 aromatic rings. The largest absolute Gasteiger partial charge is 0.491 e. The number of ether oxygens (including phenoxy) is 1. The lowest BCUT2D eigenvalue weighted by molar-refractivity contribution is 0.200. The van der Waals surface area contributed by atoms with Crippen molar-refractivity contribution in [3.8, 4) is 17.9 Å². The van der Waals surface area contributed by atoms with Crippen LogP contribution in [-0.2, 0) is 0 Å². The quantitative estimate of drug-likeness (QED) is 0.833. The Labute approximate surface area is 147 Å². The highest BCUT2D eigenvalue weighted by atomic mass is 16.5. The van der Waals surface area contributed by atoms with Crippen LogP contribution in [0.15, 0.2) is 42.6 Å². The molecule has 1 fully saturated rings. The molecule has 3 rings (SSSR count). The molecule has 0 radical (unpaired) electrons. The number of nitrogens with zero attached hydrogens (tertiary/aromatic N) is 5. The van der Waals surface area contributed by atoms with Gasteiger partial charge in [0.15, 0.2) is 0 Å². The van der Waals surface area contributed by atoms with Gasteiger partial charge in [-0.3, -0.25) is 4.90 Å². The maximum atomic E-state index is 9.07. The van der Waals surface area contributed by atoms with Crippen LogP contribution in [0.25, 0.3) is 0 Å². The molecule has 126 valence electrons. The Hall–Kier alpha value is -3.09. The summed E-state index contributed by atoms with van der Waals surface area (Å²) in [5.74, 6) is 1.50. The van der Waals surface area contributed by atoms with Gasteiger partial charge >= 0.3 is 0 Å². The zero-order valence-corrected chi connectivity index (χ0v) is 13.9. The molecule has 0 atom stereocenters. The van der Waals surface area contributed by atoms with Crippen LogP contribution >= 0.6 is 0 Å². The minimum absolute atomic E-state index is 0.556. The van der Waals surface area contributed by atoms with Crippen LogP contribution in [-0.4, -0.2) is 49.2 Å². The van der Waals surface area contributed by atoms with Gasteiger partial charge in [0.05, 0.1) is 17.2 Å². The monoisotopic (exact) mass is 333 g/mol. The number of nitriles is 2. The maximum Gasteiger partial charge on any atom is 0.137 e. The Morgan fingerprint density at radius 2 is 1.84 bits per heavy atom. The molecule has 0 aliphatic carbocycles. The smallest absolute Gasteiger partial charge is 0.137 e. The summed E-state index contributed by atoms with van der Waals surface area (Å²) in [6, 6.07) is 15.1. The summed E-state index contributed by atoms with van der Waals surface area (Å²) in [5.41, 5.74) is 1.20. The van der Waals surface area contributed by atoms with Gasteiger partial charge in [-0.1, -0.05) is 12.1 Å². The van der Waals surface area contributed by atoms with Crippen LogP contribution in [0, 0.1) is 22.7 Å². The van der Waals surface area contributed by atoms with Crippen molar-refractivity contribution < 1.29 is 4.74 Å². The molecule has 1 saturated heterocycles. The summed E-state index contributed by atoms with van der Waals surface area (Å²) in [6.45, 7) is 4.96. The predicted octanol–water partition coefficient (Wildman–Crippen LogP) is 2.03. The molecule has 0 spiro atoms. The van der Waals surface area contributed by atoms with Crippen LogP contribution in [0.2, 0.25) is 0 Å². The molecule has 1 aliphatic heterocycles. The van der Waals surface area contributed by atoms with E-state index in [0.29, 0.717) is 23.5 Å². The fraction of sp³-hybridized carbons (Fsp3) is 0.316. The van der Waals surface area contributed by atoms with Crippen molar-refractivity contribution in [2.75, 3.05) is 44.2 Å². The summed E-state index contributed by atoms with van der Waals surface area (Å²) >= 11 is 0. The molecule has 6 heteroatoms. The summed E-state index contributed by atoms with van der Waals surface area (Å²) < 4.78 is 5.75. The highest BCUT2D eigenvalue weighted by Gasteiger charge is 2.18. The van der Waals surface area contributed by atoms with Gasteiger partial charge in [-0.15, -0.1) is 0 Å². The van der Waals surface area contributed by atoms with Crippen molar-refractivity contribution >= 4 is 5.82 Å². The lowest BCUT2D eigenvalue weighted by Crippen LogP contribution is -2.47. The second-order valence-corrected chi connectivity index (χ2v) is 5.80. The van der Waals surface area contributed by atoms with Gasteiger partial charge in [-0.2, -0.15) is 10.5 Å². The molecule has 25 heavy (non-hydrogen) atoms. The van der Waals surface area contributed by atoms with Crippen molar-refractivity contribution in [2.45, 2.75) is 0 Å². The predicted molar refractivity (Wildman–Crippen MR) is 94.3 cm³/mol. The van der Waals surface area contributed by atoms with E-state index >= 15 is 0 Å². The Bertz CT molecular complexity index is 800. The molecule has 0 bridgehead atoms. The van der Waals surface area contributed by atoms with Crippen LogP contribution in [0.4, 0.5) is 5.82 Å². The second kappa shape index (κ2) is 8.14. The third-order valence-electron chi connectivity index (χ3n) is 4.24. The molecule has 1 aromatic heterocycles. The molecule has 0 saturated carbocycles. The zero-order valence-electron chi connectivity index (χ0n) is 13.9. The van der Waals surface area contributed by atoms with Crippen molar-refractivity contribution in [1.29, 1.82) is 10.5 Å². The third-order valence-corrected chi connectivity index (χ3v) is 4.24. The maximum absolute atomic E-state index is 9.07. The minimum atomic E-state index is 0.556. The van der Waals surface area contributed by atoms with Crippen LogP contribution in [0.3, 0.4) is 0 Å². The summed E-state index contributed by atoms with van der Waals surface area (Å²) in [6.07, 6.45) is 1.68. The highest BCUT2D eigenvalue weighted by molar-refractivity contribution is 5.45. The van der Waals surface area contributed by atoms with E-state index in [-0.39, 0.29) is 0 Å². The number of rotatable bonds is 5. The van der Waals surface area contributed by atoms with Gasteiger partial charge in [-0.05, 0) is 24.3 Å². The Morgan fingerprint density at radius 1 is 1.04 bits per heavy atom. The van der Waals surface area contributed by atoms with E-state index in [2.05, 4.69) is 26.9 Å². The summed E-state index contributed by atoms with van der Waals surface area (Å²) in [4.78, 5) is 8.89. The van der Waals surface area contributed by atoms with Crippen molar-refractivity contribution in [3.05, 3.63) is 53.7 Å². The SMILES string of the molecule is N#Cc1ccnc(N2CCN(CCOc3ccccc3C#N)CC2)c1. The van der Waals surface area contributed by atoms with E-state index in [4.69, 9.17) is 15.3 Å². The summed E-state index contributed by atoms with van der Waals surface area (Å²) in [7, 11) is 0. The lowest BCUT2D eigenvalue weighted by Gasteiger charge is -2.35. The molecular weight excluding hydrogens is 314 g/mol. The van der Waals surface area contributed by atoms with Crippen LogP contribution in [0.5, 0.6) is 5.75 Å². The zero-order chi connectivity index (χ0) is 17.5. The number of para-hydroxylation sites is 1. The average Bonchev–Trinajstić information content (AvgIpc) is 2.69. The van der Waals surface area contributed by atoms with Gasteiger partial charge in [0.1, 0.15) is 24.2 Å². The topological polar surface area (TPSA) is 76.2 Å². The van der Waals surface area contributed by atoms with E-state index in [1.165, 1.54) is 0 Å². The fourth-order valence-electron chi connectivity index (χ4n) is 2.83. The summed E-state index contributed by atoms with van der Waals surface area (Å²) in [5, 5.41) is 18.1. The Balaban J connectivity index is 1.47. The number of hydrogen-bond acceptors (Lipinski definition) is 6. The van der Waals surface area contributed by atoms with Gasteiger partial charge in [0.25, 0.3) is 0 Å². The second-order valence-electron chi connectivity index (χ2n) is 5.80. The number of benzene rings is 1. The van der Waals surface area contributed by atoms with Gasteiger partial charge in [0.2, 0.25) is 0 Å². The van der Waals surface area contributed by atoms with Crippen LogP contribution < -0.4 is 9.64 Å². The van der Waals surface area contributed by atoms with E-state index < -0.39 is 0 Å². The standard InChI is InChI=1S/C19H19N5O/c20-14-16-5-6-22-19(13-16)24-9-7-23(8-10-24)11-12-25-18-4-2-1-3-17(18)15-21/h1-6,13H,7-12H2. The number of anilines is 1. The van der Waals surface area contributed by atoms with Crippen molar-refractivity contribution in [1.82, 2.24) is 9.88 Å². The first-order chi connectivity index (χ1) is 12.3. The van der Waals surface area contributed by atoms with Crippen molar-refractivity contribution in [2.24, 2.45) is 0 Å². The molecule has 1 aromatic carbocycles. The van der Waals surface area contributed by atoms with E-state index in [0.717, 1.165) is 38.5 Å². The molecule has 2 heterocycles. The molecule has 1 aliphatic rings. The first-order valence-corrected chi connectivity index (χ1v) is 8.25. The van der Waals surface area contributed by atoms with E-state index in [1.807, 2.05) is 24.3 Å². The lowest BCUT2D eigenvalue weighted by atomic mass is 10.2. The normalized spacial score (nSPS) is 14.6. The third kappa shape index (κ3) is 4.26. The number of aromatic nitrogens is 1.